The van der Waals surface area contributed by atoms with E-state index in [1.54, 1.807) is 0 Å². The van der Waals surface area contributed by atoms with Crippen molar-refractivity contribution >= 4 is 16.7 Å². The highest BCUT2D eigenvalue weighted by molar-refractivity contribution is 6.20. The maximum absolute atomic E-state index is 13.6. The van der Waals surface area contributed by atoms with Crippen LogP contribution in [0, 0.1) is 0 Å². The van der Waals surface area contributed by atoms with Crippen LogP contribution in [0.1, 0.15) is 140 Å². The van der Waals surface area contributed by atoms with Gasteiger partial charge in [0.1, 0.15) is 11.8 Å². The number of nitrogens with one attached hydrogen (secondary N) is 1. The molecule has 1 aliphatic rings. The number of aromatic amines is 1. The molecule has 4 aromatic rings. The van der Waals surface area contributed by atoms with Crippen molar-refractivity contribution in [3.05, 3.63) is 81.7 Å². The summed E-state index contributed by atoms with van der Waals surface area (Å²) in [4.78, 5) is 17.0. The molecule has 0 bridgehead atoms. The lowest BCUT2D eigenvalue weighted by atomic mass is 9.78. The van der Waals surface area contributed by atoms with E-state index >= 15 is 0 Å². The summed E-state index contributed by atoms with van der Waals surface area (Å²) in [6, 6.07) is 15.6. The zero-order valence-electron chi connectivity index (χ0n) is 29.1. The zero-order valence-corrected chi connectivity index (χ0v) is 29.1. The van der Waals surface area contributed by atoms with E-state index in [2.05, 4.69) is 131 Å². The fraction of sp³-hybridized carbons (Fsp3) is 0.475. The molecule has 0 radical (unpaired) electrons. The molecule has 0 saturated carbocycles. The predicted molar refractivity (Wildman–Crippen MR) is 184 cm³/mol. The summed E-state index contributed by atoms with van der Waals surface area (Å²) in [7, 11) is 0. The first-order valence-electron chi connectivity index (χ1n) is 16.0. The van der Waals surface area contributed by atoms with Gasteiger partial charge in [0.05, 0.1) is 12.3 Å². The van der Waals surface area contributed by atoms with Crippen LogP contribution >= 0.6 is 0 Å². The van der Waals surface area contributed by atoms with Crippen LogP contribution in [0.5, 0.6) is 0 Å². The summed E-state index contributed by atoms with van der Waals surface area (Å²) in [5.41, 5.74) is 10.0. The van der Waals surface area contributed by atoms with Gasteiger partial charge >= 0.3 is 5.97 Å². The number of esters is 1. The number of aliphatic hydroxyl groups excluding tert-OH is 1. The first kappa shape index (κ1) is 32.0. The van der Waals surface area contributed by atoms with Gasteiger partial charge in [0, 0.05) is 11.1 Å². The fourth-order valence-corrected chi connectivity index (χ4v) is 6.25. The Morgan fingerprint density at radius 2 is 1.11 bits per heavy atom. The van der Waals surface area contributed by atoms with E-state index in [-0.39, 0.29) is 28.3 Å². The van der Waals surface area contributed by atoms with Crippen molar-refractivity contribution in [3.63, 3.8) is 0 Å². The molecular weight excluding hydrogens is 542 g/mol. The summed E-state index contributed by atoms with van der Waals surface area (Å²) in [5, 5.41) is 14.6. The SMILES string of the molecule is CCOC(=O)c1[nH]c(C(O)c2cc(C(C)(C)C)cc(C(C)(C)C)c2)c2c1-c1cc(C(C)(C)C)cc3cc(C(C)(C)C)cc-2c13. The maximum atomic E-state index is 13.6. The molecule has 5 rings (SSSR count). The Balaban J connectivity index is 1.87. The number of hydrogen-bond donors (Lipinski definition) is 2. The van der Waals surface area contributed by atoms with Crippen molar-refractivity contribution in [1.29, 1.82) is 0 Å². The van der Waals surface area contributed by atoms with Crippen molar-refractivity contribution in [1.82, 2.24) is 4.98 Å². The summed E-state index contributed by atoms with van der Waals surface area (Å²) in [6.07, 6.45) is -0.972. The van der Waals surface area contributed by atoms with E-state index in [9.17, 15) is 9.90 Å². The Labute approximate surface area is 264 Å². The minimum absolute atomic E-state index is 0.0902. The van der Waals surface area contributed by atoms with Gasteiger partial charge in [-0.05, 0) is 90.4 Å². The van der Waals surface area contributed by atoms with Gasteiger partial charge in [0.25, 0.3) is 0 Å². The standard InChI is InChI=1S/C40H51NO3/c1-14-44-36(43)34-32-29-21-27(40(11,12)13)16-22-15-26(39(8,9)10)20-28(30(22)29)31(32)33(41-34)35(42)23-17-24(37(2,3)4)19-25(18-23)38(5,6)7/h15-21,35,41-42H,14H2,1-13H3. The van der Waals surface area contributed by atoms with E-state index < -0.39 is 12.1 Å². The number of carbonyl (C=O) groups is 1. The van der Waals surface area contributed by atoms with Crippen LogP contribution < -0.4 is 0 Å². The Kier molecular flexibility index (Phi) is 7.53. The molecule has 1 heterocycles. The second-order valence-electron chi connectivity index (χ2n) is 16.8. The lowest BCUT2D eigenvalue weighted by Crippen LogP contribution is -2.18. The van der Waals surface area contributed by atoms with Gasteiger partial charge in [-0.1, -0.05) is 113 Å². The first-order valence-corrected chi connectivity index (χ1v) is 16.0. The number of fused-ring (bicyclic) bond motifs is 3. The van der Waals surface area contributed by atoms with Crippen molar-refractivity contribution in [3.8, 4) is 22.3 Å². The van der Waals surface area contributed by atoms with Gasteiger partial charge in [-0.15, -0.1) is 0 Å². The number of H-pyrrole nitrogens is 1. The second kappa shape index (κ2) is 10.3. The maximum Gasteiger partial charge on any atom is 0.355 e. The first-order chi connectivity index (χ1) is 20.1. The lowest BCUT2D eigenvalue weighted by Gasteiger charge is -2.27. The fourth-order valence-electron chi connectivity index (χ4n) is 6.25. The van der Waals surface area contributed by atoms with Crippen LogP contribution in [0.3, 0.4) is 0 Å². The van der Waals surface area contributed by atoms with E-state index in [4.69, 9.17) is 4.74 Å². The Bertz CT molecular complexity index is 1740. The number of aliphatic hydroxyl groups is 1. The largest absolute Gasteiger partial charge is 0.461 e. The third-order valence-electron chi connectivity index (χ3n) is 9.10. The summed E-state index contributed by atoms with van der Waals surface area (Å²) < 4.78 is 5.60. The van der Waals surface area contributed by atoms with E-state index in [1.807, 2.05) is 6.92 Å². The molecule has 2 N–H and O–H groups in total. The lowest BCUT2D eigenvalue weighted by molar-refractivity contribution is 0.0520. The molecule has 0 fully saturated rings. The summed E-state index contributed by atoms with van der Waals surface area (Å²) in [6.45, 7) is 28.7. The predicted octanol–water partition coefficient (Wildman–Crippen LogP) is 10.3. The second-order valence-corrected chi connectivity index (χ2v) is 16.8. The Hall–Kier alpha value is -3.37. The molecule has 0 amide bonds. The number of carbonyl (C=O) groups excluding carboxylic acids is 1. The Morgan fingerprint density at radius 3 is 1.55 bits per heavy atom. The van der Waals surface area contributed by atoms with Crippen molar-refractivity contribution in [2.75, 3.05) is 6.61 Å². The highest BCUT2D eigenvalue weighted by atomic mass is 16.5. The monoisotopic (exact) mass is 593 g/mol. The summed E-state index contributed by atoms with van der Waals surface area (Å²) in [5.74, 6) is -0.404. The van der Waals surface area contributed by atoms with Crippen LogP contribution in [0.4, 0.5) is 0 Å². The minimum Gasteiger partial charge on any atom is -0.461 e. The van der Waals surface area contributed by atoms with Crippen molar-refractivity contribution < 1.29 is 14.6 Å². The molecule has 3 aromatic carbocycles. The molecule has 234 valence electrons. The molecule has 4 nitrogen and oxygen atoms in total. The van der Waals surface area contributed by atoms with Gasteiger partial charge in [0.15, 0.2) is 0 Å². The van der Waals surface area contributed by atoms with Crippen LogP contribution in [0.25, 0.3) is 33.0 Å². The molecule has 1 unspecified atom stereocenters. The van der Waals surface area contributed by atoms with E-state index in [0.29, 0.717) is 11.4 Å². The average molecular weight is 594 g/mol. The van der Waals surface area contributed by atoms with Crippen LogP contribution in [0.2, 0.25) is 0 Å². The van der Waals surface area contributed by atoms with Crippen LogP contribution in [0.15, 0.2) is 42.5 Å². The smallest absolute Gasteiger partial charge is 0.355 e. The van der Waals surface area contributed by atoms with Crippen LogP contribution in [-0.2, 0) is 26.4 Å². The molecule has 1 atom stereocenters. The highest BCUT2D eigenvalue weighted by Crippen LogP contribution is 2.54. The van der Waals surface area contributed by atoms with Crippen molar-refractivity contribution in [2.24, 2.45) is 0 Å². The van der Waals surface area contributed by atoms with E-state index in [0.717, 1.165) is 38.6 Å². The number of rotatable bonds is 4. The van der Waals surface area contributed by atoms with Gasteiger partial charge in [-0.3, -0.25) is 0 Å². The number of benzene rings is 3. The third-order valence-corrected chi connectivity index (χ3v) is 9.10. The average Bonchev–Trinajstić information content (AvgIpc) is 3.44. The van der Waals surface area contributed by atoms with Crippen molar-refractivity contribution in [2.45, 2.75) is 118 Å². The number of hydrogen-bond acceptors (Lipinski definition) is 3. The molecule has 0 spiro atoms. The third kappa shape index (κ3) is 5.51. The van der Waals surface area contributed by atoms with Crippen LogP contribution in [-0.4, -0.2) is 22.7 Å². The molecule has 0 aliphatic heterocycles. The molecule has 1 aromatic heterocycles. The van der Waals surface area contributed by atoms with Gasteiger partial charge in [-0.2, -0.15) is 0 Å². The van der Waals surface area contributed by atoms with Gasteiger partial charge in [0.2, 0.25) is 0 Å². The Morgan fingerprint density at radius 1 is 0.682 bits per heavy atom. The molecular formula is C40H51NO3. The van der Waals surface area contributed by atoms with Gasteiger partial charge in [-0.25, -0.2) is 4.79 Å². The summed E-state index contributed by atoms with van der Waals surface area (Å²) >= 11 is 0. The van der Waals surface area contributed by atoms with Gasteiger partial charge < -0.3 is 14.8 Å². The quantitative estimate of drug-likeness (QED) is 0.204. The number of ether oxygens (including phenoxy) is 1. The molecule has 1 aliphatic carbocycles. The highest BCUT2D eigenvalue weighted by Gasteiger charge is 2.37. The normalized spacial score (nSPS) is 14.2. The number of aromatic nitrogens is 1. The molecule has 44 heavy (non-hydrogen) atoms. The minimum atomic E-state index is -0.972. The molecule has 0 saturated heterocycles. The zero-order chi connectivity index (χ0) is 32.7. The van der Waals surface area contributed by atoms with E-state index in [1.165, 1.54) is 22.3 Å². The topological polar surface area (TPSA) is 62.3 Å². The molecule has 4 heteroatoms.